The van der Waals surface area contributed by atoms with Gasteiger partial charge in [0.15, 0.2) is 0 Å². The topological polar surface area (TPSA) is 32.3 Å². The highest BCUT2D eigenvalue weighted by Crippen LogP contribution is 2.31. The van der Waals surface area contributed by atoms with Crippen LogP contribution in [0.3, 0.4) is 0 Å². The molecule has 0 unspecified atom stereocenters. The second-order valence-electron chi connectivity index (χ2n) is 6.51. The van der Waals surface area contributed by atoms with Gasteiger partial charge in [-0.1, -0.05) is 27.7 Å². The van der Waals surface area contributed by atoms with Crippen LogP contribution in [0.15, 0.2) is 0 Å². The van der Waals surface area contributed by atoms with Crippen LogP contribution < -0.4 is 5.32 Å². The van der Waals surface area contributed by atoms with Crippen LogP contribution in [0.5, 0.6) is 0 Å². The van der Waals surface area contributed by atoms with Crippen molar-refractivity contribution in [1.82, 2.24) is 5.32 Å². The van der Waals surface area contributed by atoms with Crippen LogP contribution in [0.25, 0.3) is 0 Å². The van der Waals surface area contributed by atoms with Gasteiger partial charge in [-0.05, 0) is 31.6 Å². The second kappa shape index (κ2) is 6.44. The van der Waals surface area contributed by atoms with Gasteiger partial charge in [-0.3, -0.25) is 0 Å². The van der Waals surface area contributed by atoms with Crippen molar-refractivity contribution in [3.05, 3.63) is 0 Å². The van der Waals surface area contributed by atoms with Gasteiger partial charge < -0.3 is 10.4 Å². The smallest absolute Gasteiger partial charge is 0.0613 e. The molecule has 1 aliphatic carbocycles. The third kappa shape index (κ3) is 5.62. The maximum absolute atomic E-state index is 9.62. The summed E-state index contributed by atoms with van der Waals surface area (Å²) in [6.07, 6.45) is 4.76. The zero-order chi connectivity index (χ0) is 12.9. The first-order chi connectivity index (χ1) is 7.87. The van der Waals surface area contributed by atoms with Gasteiger partial charge in [0, 0.05) is 22.6 Å². The lowest BCUT2D eigenvalue weighted by molar-refractivity contribution is 0.108. The number of rotatable bonds is 5. The van der Waals surface area contributed by atoms with Crippen molar-refractivity contribution in [3.63, 3.8) is 0 Å². The van der Waals surface area contributed by atoms with E-state index in [-0.39, 0.29) is 5.54 Å². The summed E-state index contributed by atoms with van der Waals surface area (Å²) in [5.74, 6) is 1.96. The molecule has 2 N–H and O–H groups in total. The third-order valence-corrected chi connectivity index (χ3v) is 4.95. The van der Waals surface area contributed by atoms with E-state index in [1.807, 2.05) is 11.8 Å². The minimum absolute atomic E-state index is 0.0188. The van der Waals surface area contributed by atoms with E-state index in [4.69, 9.17) is 0 Å². The lowest BCUT2D eigenvalue weighted by Crippen LogP contribution is -2.51. The van der Waals surface area contributed by atoms with Gasteiger partial charge in [0.1, 0.15) is 0 Å². The van der Waals surface area contributed by atoms with Crippen molar-refractivity contribution in [3.8, 4) is 0 Å². The van der Waals surface area contributed by atoms with E-state index in [1.54, 1.807) is 0 Å². The van der Waals surface area contributed by atoms with Gasteiger partial charge in [0.25, 0.3) is 0 Å². The Hall–Kier alpha value is 0.270. The first-order valence-corrected chi connectivity index (χ1v) is 7.85. The van der Waals surface area contributed by atoms with Crippen LogP contribution in [-0.4, -0.2) is 34.3 Å². The number of nitrogens with one attached hydrogen (secondary N) is 1. The Balaban J connectivity index is 2.27. The Morgan fingerprint density at radius 2 is 1.88 bits per heavy atom. The van der Waals surface area contributed by atoms with E-state index >= 15 is 0 Å². The first kappa shape index (κ1) is 15.3. The molecule has 2 nitrogen and oxygen atoms in total. The number of thioether (sulfide) groups is 1. The molecule has 17 heavy (non-hydrogen) atoms. The molecule has 0 aromatic heterocycles. The number of aliphatic hydroxyl groups is 1. The third-order valence-electron chi connectivity index (χ3n) is 3.67. The van der Waals surface area contributed by atoms with Crippen LogP contribution in [0.1, 0.15) is 53.4 Å². The van der Waals surface area contributed by atoms with E-state index in [0.29, 0.717) is 11.4 Å². The standard InChI is InChI=1S/C14H29NOS/c1-12-5-7-14(11-16,8-6-12)15-9-10-17-13(2,3)4/h12,15-16H,5-11H2,1-4H3. The SMILES string of the molecule is CC1CCC(CO)(NCCSC(C)(C)C)CC1. The van der Waals surface area contributed by atoms with Gasteiger partial charge in [-0.25, -0.2) is 0 Å². The highest BCUT2D eigenvalue weighted by atomic mass is 32.2. The minimum Gasteiger partial charge on any atom is -0.394 e. The van der Waals surface area contributed by atoms with Crippen molar-refractivity contribution in [2.75, 3.05) is 18.9 Å². The Kier molecular flexibility index (Phi) is 5.81. The number of aliphatic hydroxyl groups excluding tert-OH is 1. The largest absolute Gasteiger partial charge is 0.394 e. The molecule has 0 radical (unpaired) electrons. The van der Waals surface area contributed by atoms with E-state index in [0.717, 1.165) is 31.1 Å². The molecule has 0 saturated heterocycles. The van der Waals surface area contributed by atoms with Gasteiger partial charge in [0.05, 0.1) is 6.61 Å². The van der Waals surface area contributed by atoms with Crippen LogP contribution in [0.4, 0.5) is 0 Å². The summed E-state index contributed by atoms with van der Waals surface area (Å²) in [5.41, 5.74) is 0.0188. The maximum Gasteiger partial charge on any atom is 0.0613 e. The molecule has 1 fully saturated rings. The van der Waals surface area contributed by atoms with Crippen LogP contribution >= 0.6 is 11.8 Å². The normalized spacial score (nSPS) is 30.5. The summed E-state index contributed by atoms with van der Waals surface area (Å²) in [5, 5.41) is 13.2. The van der Waals surface area contributed by atoms with Gasteiger partial charge in [-0.15, -0.1) is 0 Å². The summed E-state index contributed by atoms with van der Waals surface area (Å²) in [7, 11) is 0. The molecule has 0 aliphatic heterocycles. The molecule has 3 heteroatoms. The molecule has 102 valence electrons. The summed E-state index contributed by atoms with van der Waals surface area (Å²) in [6, 6.07) is 0. The lowest BCUT2D eigenvalue weighted by Gasteiger charge is -2.39. The van der Waals surface area contributed by atoms with Crippen molar-refractivity contribution >= 4 is 11.8 Å². The van der Waals surface area contributed by atoms with Crippen molar-refractivity contribution in [1.29, 1.82) is 0 Å². The van der Waals surface area contributed by atoms with E-state index in [2.05, 4.69) is 33.0 Å². The van der Waals surface area contributed by atoms with Crippen LogP contribution in [0, 0.1) is 5.92 Å². The molecule has 1 aliphatic rings. The highest BCUT2D eigenvalue weighted by Gasteiger charge is 2.32. The monoisotopic (exact) mass is 259 g/mol. The minimum atomic E-state index is 0.0188. The van der Waals surface area contributed by atoms with Crippen molar-refractivity contribution < 1.29 is 5.11 Å². The molecule has 0 aromatic rings. The molecule has 0 heterocycles. The van der Waals surface area contributed by atoms with E-state index in [1.165, 1.54) is 12.8 Å². The quantitative estimate of drug-likeness (QED) is 0.744. The number of hydrogen-bond donors (Lipinski definition) is 2. The van der Waals surface area contributed by atoms with Crippen LogP contribution in [-0.2, 0) is 0 Å². The predicted molar refractivity (Wildman–Crippen MR) is 77.7 cm³/mol. The first-order valence-electron chi connectivity index (χ1n) is 6.87. The fraction of sp³-hybridized carbons (Fsp3) is 1.00. The number of hydrogen-bond acceptors (Lipinski definition) is 3. The van der Waals surface area contributed by atoms with E-state index in [9.17, 15) is 5.11 Å². The molecule has 1 saturated carbocycles. The zero-order valence-electron chi connectivity index (χ0n) is 11.9. The molecule has 0 amide bonds. The zero-order valence-corrected chi connectivity index (χ0v) is 12.7. The molecule has 0 aromatic carbocycles. The second-order valence-corrected chi connectivity index (χ2v) is 8.43. The van der Waals surface area contributed by atoms with Crippen molar-refractivity contribution in [2.24, 2.45) is 5.92 Å². The molecular weight excluding hydrogens is 230 g/mol. The summed E-state index contributed by atoms with van der Waals surface area (Å²) >= 11 is 1.99. The molecule has 0 atom stereocenters. The summed E-state index contributed by atoms with van der Waals surface area (Å²) < 4.78 is 0.342. The maximum atomic E-state index is 9.62. The van der Waals surface area contributed by atoms with Crippen LogP contribution in [0.2, 0.25) is 0 Å². The summed E-state index contributed by atoms with van der Waals surface area (Å²) in [6.45, 7) is 10.4. The average Bonchev–Trinajstić information content (AvgIpc) is 2.26. The Morgan fingerprint density at radius 3 is 2.35 bits per heavy atom. The fourth-order valence-corrected chi connectivity index (χ4v) is 3.20. The average molecular weight is 259 g/mol. The molecular formula is C14H29NOS. The highest BCUT2D eigenvalue weighted by molar-refractivity contribution is 8.00. The van der Waals surface area contributed by atoms with Gasteiger partial charge in [0.2, 0.25) is 0 Å². The Morgan fingerprint density at radius 1 is 1.29 bits per heavy atom. The predicted octanol–water partition coefficient (Wildman–Crippen LogP) is 3.05. The molecule has 0 bridgehead atoms. The Bertz CT molecular complexity index is 217. The molecule has 0 spiro atoms. The van der Waals surface area contributed by atoms with E-state index < -0.39 is 0 Å². The fourth-order valence-electron chi connectivity index (χ4n) is 2.38. The van der Waals surface area contributed by atoms with Crippen molar-refractivity contribution in [2.45, 2.75) is 63.7 Å². The van der Waals surface area contributed by atoms with Gasteiger partial charge in [-0.2, -0.15) is 11.8 Å². The Labute approximate surface area is 111 Å². The summed E-state index contributed by atoms with van der Waals surface area (Å²) in [4.78, 5) is 0. The molecule has 1 rings (SSSR count). The van der Waals surface area contributed by atoms with Gasteiger partial charge >= 0.3 is 0 Å². The lowest BCUT2D eigenvalue weighted by atomic mass is 9.77.